The molecule has 1 aromatic rings. The summed E-state index contributed by atoms with van der Waals surface area (Å²) >= 11 is 3.41. The van der Waals surface area contributed by atoms with Gasteiger partial charge in [-0.25, -0.2) is 0 Å². The number of ether oxygens (including phenoxy) is 1. The van der Waals surface area contributed by atoms with E-state index in [2.05, 4.69) is 21.2 Å². The molecule has 1 saturated heterocycles. The van der Waals surface area contributed by atoms with E-state index in [0.29, 0.717) is 18.9 Å². The molecule has 1 aromatic carbocycles. The Hall–Kier alpha value is -1.07. The van der Waals surface area contributed by atoms with Gasteiger partial charge >= 0.3 is 0 Å². The van der Waals surface area contributed by atoms with Crippen LogP contribution >= 0.6 is 15.9 Å². The number of benzene rings is 1. The summed E-state index contributed by atoms with van der Waals surface area (Å²) in [6.07, 6.45) is 2.44. The molecule has 21 heavy (non-hydrogen) atoms. The highest BCUT2D eigenvalue weighted by molar-refractivity contribution is 9.10. The minimum atomic E-state index is 0.256. The molecule has 116 valence electrons. The van der Waals surface area contributed by atoms with Crippen LogP contribution in [0.25, 0.3) is 0 Å². The molecular weight excluding hydrogens is 332 g/mol. The number of nitrogens with zero attached hydrogens (tertiary/aromatic N) is 1. The van der Waals surface area contributed by atoms with Crippen LogP contribution in [0.3, 0.4) is 0 Å². The van der Waals surface area contributed by atoms with Gasteiger partial charge in [0.25, 0.3) is 0 Å². The van der Waals surface area contributed by atoms with E-state index < -0.39 is 0 Å². The van der Waals surface area contributed by atoms with Gasteiger partial charge in [0.1, 0.15) is 5.75 Å². The second-order valence-corrected chi connectivity index (χ2v) is 6.38. The SMILES string of the molecule is CNCC1CCN(C(=O)CCCOc2cccc(Br)c2)C1. The number of carbonyl (C=O) groups excluding carboxylic acids is 1. The van der Waals surface area contributed by atoms with E-state index >= 15 is 0 Å². The van der Waals surface area contributed by atoms with Crippen molar-refractivity contribution in [2.75, 3.05) is 33.3 Å². The number of rotatable bonds is 7. The fraction of sp³-hybridized carbons (Fsp3) is 0.562. The predicted molar refractivity (Wildman–Crippen MR) is 87.5 cm³/mol. The summed E-state index contributed by atoms with van der Waals surface area (Å²) < 4.78 is 6.65. The van der Waals surface area contributed by atoms with Crippen LogP contribution in [-0.2, 0) is 4.79 Å². The largest absolute Gasteiger partial charge is 0.494 e. The number of hydrogen-bond acceptors (Lipinski definition) is 3. The molecule has 4 nitrogen and oxygen atoms in total. The standard InChI is InChI=1S/C16H23BrN2O2/c1-18-11-13-7-8-19(12-13)16(20)6-3-9-21-15-5-2-4-14(17)10-15/h2,4-5,10,13,18H,3,6-9,11-12H2,1H3. The quantitative estimate of drug-likeness (QED) is 0.765. The molecule has 0 saturated carbocycles. The van der Waals surface area contributed by atoms with E-state index in [4.69, 9.17) is 4.74 Å². The topological polar surface area (TPSA) is 41.6 Å². The van der Waals surface area contributed by atoms with Gasteiger partial charge in [-0.3, -0.25) is 4.79 Å². The maximum absolute atomic E-state index is 12.1. The summed E-state index contributed by atoms with van der Waals surface area (Å²) in [6.45, 7) is 3.37. The van der Waals surface area contributed by atoms with E-state index in [1.165, 1.54) is 0 Å². The first kappa shape index (κ1) is 16.3. The maximum Gasteiger partial charge on any atom is 0.222 e. The van der Waals surface area contributed by atoms with Gasteiger partial charge in [0, 0.05) is 24.0 Å². The highest BCUT2D eigenvalue weighted by Crippen LogP contribution is 2.19. The molecule has 0 bridgehead atoms. The Balaban J connectivity index is 1.63. The zero-order valence-corrected chi connectivity index (χ0v) is 14.1. The zero-order chi connectivity index (χ0) is 15.1. The third-order valence-electron chi connectivity index (χ3n) is 3.73. The number of amides is 1. The van der Waals surface area contributed by atoms with Gasteiger partial charge in [-0.05, 0) is 50.6 Å². The van der Waals surface area contributed by atoms with E-state index in [1.807, 2.05) is 36.2 Å². The molecule has 0 aliphatic carbocycles. The lowest BCUT2D eigenvalue weighted by atomic mass is 10.1. The third-order valence-corrected chi connectivity index (χ3v) is 4.22. The molecule has 1 fully saturated rings. The summed E-state index contributed by atoms with van der Waals surface area (Å²) in [5.74, 6) is 1.70. The second kappa shape index (κ2) is 8.39. The van der Waals surface area contributed by atoms with Crippen molar-refractivity contribution in [3.05, 3.63) is 28.7 Å². The maximum atomic E-state index is 12.1. The first-order valence-electron chi connectivity index (χ1n) is 7.50. The van der Waals surface area contributed by atoms with Crippen LogP contribution in [0.1, 0.15) is 19.3 Å². The number of nitrogens with one attached hydrogen (secondary N) is 1. The van der Waals surface area contributed by atoms with Gasteiger partial charge in [0.2, 0.25) is 5.91 Å². The second-order valence-electron chi connectivity index (χ2n) is 5.46. The first-order valence-corrected chi connectivity index (χ1v) is 8.29. The molecule has 0 radical (unpaired) electrons. The van der Waals surface area contributed by atoms with Gasteiger partial charge in [-0.1, -0.05) is 22.0 Å². The van der Waals surface area contributed by atoms with Crippen molar-refractivity contribution in [1.82, 2.24) is 10.2 Å². The molecule has 0 aromatic heterocycles. The van der Waals surface area contributed by atoms with Crippen molar-refractivity contribution in [2.45, 2.75) is 19.3 Å². The predicted octanol–water partition coefficient (Wildman–Crippen LogP) is 2.68. The van der Waals surface area contributed by atoms with Crippen LogP contribution in [0.2, 0.25) is 0 Å². The Bertz CT molecular complexity index is 467. The molecule has 0 spiro atoms. The first-order chi connectivity index (χ1) is 10.2. The Labute approximate surface area is 135 Å². The number of carbonyl (C=O) groups is 1. The van der Waals surface area contributed by atoms with Crippen LogP contribution in [0, 0.1) is 5.92 Å². The summed E-state index contributed by atoms with van der Waals surface area (Å²) in [7, 11) is 1.96. The molecule has 1 aliphatic heterocycles. The normalized spacial score (nSPS) is 18.0. The van der Waals surface area contributed by atoms with Crippen LogP contribution < -0.4 is 10.1 Å². The van der Waals surface area contributed by atoms with Gasteiger partial charge in [0.15, 0.2) is 0 Å². The molecule has 2 rings (SSSR count). The average molecular weight is 355 g/mol. The Morgan fingerprint density at radius 1 is 1.52 bits per heavy atom. The van der Waals surface area contributed by atoms with Crippen LogP contribution in [0.15, 0.2) is 28.7 Å². The van der Waals surface area contributed by atoms with Crippen LogP contribution in [-0.4, -0.2) is 44.1 Å². The fourth-order valence-electron chi connectivity index (χ4n) is 2.64. The van der Waals surface area contributed by atoms with Gasteiger partial charge in [-0.15, -0.1) is 0 Å². The van der Waals surface area contributed by atoms with Crippen molar-refractivity contribution >= 4 is 21.8 Å². The lowest BCUT2D eigenvalue weighted by Crippen LogP contribution is -2.30. The lowest BCUT2D eigenvalue weighted by Gasteiger charge is -2.16. The molecule has 1 unspecified atom stereocenters. The molecular formula is C16H23BrN2O2. The van der Waals surface area contributed by atoms with Crippen molar-refractivity contribution in [3.63, 3.8) is 0 Å². The molecule has 1 aliphatic rings. The highest BCUT2D eigenvalue weighted by Gasteiger charge is 2.25. The van der Waals surface area contributed by atoms with E-state index in [-0.39, 0.29) is 5.91 Å². The van der Waals surface area contributed by atoms with E-state index in [1.54, 1.807) is 0 Å². The summed E-state index contributed by atoms with van der Waals surface area (Å²) in [5, 5.41) is 3.18. The molecule has 1 N–H and O–H groups in total. The smallest absolute Gasteiger partial charge is 0.222 e. The third kappa shape index (κ3) is 5.32. The summed E-state index contributed by atoms with van der Waals surface area (Å²) in [5.41, 5.74) is 0. The monoisotopic (exact) mass is 354 g/mol. The minimum absolute atomic E-state index is 0.256. The van der Waals surface area contributed by atoms with Crippen molar-refractivity contribution < 1.29 is 9.53 Å². The Kier molecular flexibility index (Phi) is 6.51. The van der Waals surface area contributed by atoms with Crippen LogP contribution in [0.4, 0.5) is 0 Å². The molecule has 5 heteroatoms. The Morgan fingerprint density at radius 2 is 2.38 bits per heavy atom. The van der Waals surface area contributed by atoms with Gasteiger partial charge < -0.3 is 15.0 Å². The van der Waals surface area contributed by atoms with Gasteiger partial charge in [0.05, 0.1) is 6.61 Å². The number of hydrogen-bond donors (Lipinski definition) is 1. The van der Waals surface area contributed by atoms with Crippen molar-refractivity contribution in [3.8, 4) is 5.75 Å². The highest BCUT2D eigenvalue weighted by atomic mass is 79.9. The van der Waals surface area contributed by atoms with Gasteiger partial charge in [-0.2, -0.15) is 0 Å². The molecule has 1 atom stereocenters. The number of likely N-dealkylation sites (tertiary alicyclic amines) is 1. The Morgan fingerprint density at radius 3 is 3.14 bits per heavy atom. The summed E-state index contributed by atoms with van der Waals surface area (Å²) in [4.78, 5) is 14.1. The van der Waals surface area contributed by atoms with E-state index in [9.17, 15) is 4.79 Å². The van der Waals surface area contributed by atoms with Crippen LogP contribution in [0.5, 0.6) is 5.75 Å². The molecule has 1 amide bonds. The fourth-order valence-corrected chi connectivity index (χ4v) is 3.02. The van der Waals surface area contributed by atoms with Crippen molar-refractivity contribution in [1.29, 1.82) is 0 Å². The molecule has 1 heterocycles. The lowest BCUT2D eigenvalue weighted by molar-refractivity contribution is -0.130. The van der Waals surface area contributed by atoms with Crippen molar-refractivity contribution in [2.24, 2.45) is 5.92 Å². The summed E-state index contributed by atoms with van der Waals surface area (Å²) in [6, 6.07) is 7.77. The average Bonchev–Trinajstić information content (AvgIpc) is 2.93. The minimum Gasteiger partial charge on any atom is -0.494 e. The zero-order valence-electron chi connectivity index (χ0n) is 12.5. The number of halogens is 1. The van der Waals surface area contributed by atoms with E-state index in [0.717, 1.165) is 42.7 Å².